The average molecular weight is 200 g/mol. The molecule has 1 aromatic carbocycles. The van der Waals surface area contributed by atoms with Crippen molar-refractivity contribution in [3.8, 4) is 0 Å². The van der Waals surface area contributed by atoms with Gasteiger partial charge in [-0.25, -0.2) is 6.57 Å². The summed E-state index contributed by atoms with van der Waals surface area (Å²) in [7, 11) is 0. The van der Waals surface area contributed by atoms with Crippen molar-refractivity contribution in [3.05, 3.63) is 41.7 Å². The highest BCUT2D eigenvalue weighted by molar-refractivity contribution is 5.46. The topological polar surface area (TPSA) is 16.4 Å². The van der Waals surface area contributed by atoms with Crippen LogP contribution in [0.3, 0.4) is 0 Å². The van der Waals surface area contributed by atoms with Crippen LogP contribution in [-0.2, 0) is 0 Å². The predicted octanol–water partition coefficient (Wildman–Crippen LogP) is 3.68. The number of anilines is 1. The lowest BCUT2D eigenvalue weighted by Gasteiger charge is -2.27. The molecule has 0 bridgehead atoms. The van der Waals surface area contributed by atoms with Crippen LogP contribution in [-0.4, -0.2) is 5.66 Å². The second-order valence-corrected chi connectivity index (χ2v) is 4.20. The molecule has 0 atom stereocenters. The molecular formula is C13H16N2. The normalized spacial score (nSPS) is 19.1. The lowest BCUT2D eigenvalue weighted by molar-refractivity contribution is 0.382. The molecule has 1 saturated carbocycles. The molecule has 1 N–H and O–H groups in total. The van der Waals surface area contributed by atoms with Gasteiger partial charge >= 0.3 is 5.66 Å². The van der Waals surface area contributed by atoms with Gasteiger partial charge < -0.3 is 5.32 Å². The number of nitrogens with zero attached hydrogens (tertiary/aromatic N) is 1. The Balaban J connectivity index is 2.12. The number of nitrogens with one attached hydrogen (secondary N) is 1. The lowest BCUT2D eigenvalue weighted by Crippen LogP contribution is -2.36. The molecule has 1 aliphatic carbocycles. The van der Waals surface area contributed by atoms with Gasteiger partial charge in [0.1, 0.15) is 0 Å². The first kappa shape index (κ1) is 10.0. The Morgan fingerprint density at radius 3 is 2.33 bits per heavy atom. The van der Waals surface area contributed by atoms with Gasteiger partial charge in [0, 0.05) is 18.5 Å². The molecule has 78 valence electrons. The molecule has 0 heterocycles. The van der Waals surface area contributed by atoms with Crippen molar-refractivity contribution in [1.29, 1.82) is 0 Å². The average Bonchev–Trinajstić information content (AvgIpc) is 2.32. The molecule has 1 aromatic rings. The summed E-state index contributed by atoms with van der Waals surface area (Å²) in [6.07, 6.45) is 5.56. The molecule has 0 amide bonds. The van der Waals surface area contributed by atoms with Crippen molar-refractivity contribution >= 4 is 5.69 Å². The molecule has 2 rings (SSSR count). The van der Waals surface area contributed by atoms with Gasteiger partial charge in [0.2, 0.25) is 0 Å². The van der Waals surface area contributed by atoms with Gasteiger partial charge in [-0.3, -0.25) is 4.85 Å². The van der Waals surface area contributed by atoms with Gasteiger partial charge in [-0.1, -0.05) is 24.6 Å². The summed E-state index contributed by atoms with van der Waals surface area (Å²) in [5.41, 5.74) is 0.731. The fraction of sp³-hybridized carbons (Fsp3) is 0.462. The maximum atomic E-state index is 7.36. The molecule has 1 fully saturated rings. The highest BCUT2D eigenvalue weighted by Crippen LogP contribution is 2.32. The second kappa shape index (κ2) is 4.35. The van der Waals surface area contributed by atoms with Crippen LogP contribution in [0, 0.1) is 6.57 Å². The van der Waals surface area contributed by atoms with Gasteiger partial charge in [-0.2, -0.15) is 0 Å². The van der Waals surface area contributed by atoms with Crippen molar-refractivity contribution in [2.24, 2.45) is 0 Å². The van der Waals surface area contributed by atoms with Crippen LogP contribution in [0.15, 0.2) is 30.3 Å². The van der Waals surface area contributed by atoms with Crippen LogP contribution in [0.4, 0.5) is 5.69 Å². The maximum absolute atomic E-state index is 7.36. The highest BCUT2D eigenvalue weighted by Gasteiger charge is 2.37. The van der Waals surface area contributed by atoms with E-state index >= 15 is 0 Å². The molecule has 15 heavy (non-hydrogen) atoms. The zero-order chi connectivity index (χ0) is 10.6. The fourth-order valence-corrected chi connectivity index (χ4v) is 2.19. The van der Waals surface area contributed by atoms with E-state index in [0.717, 1.165) is 18.5 Å². The van der Waals surface area contributed by atoms with Gasteiger partial charge in [-0.15, -0.1) is 0 Å². The number of rotatable bonds is 2. The standard InChI is InChI=1S/C13H16N2/c1-14-13(10-6-3-7-11-13)15-12-8-4-2-5-9-12/h2,4-5,8-9,15H,3,6-7,10-11H2. The van der Waals surface area contributed by atoms with Crippen LogP contribution in [0.2, 0.25) is 0 Å². The molecule has 2 heteroatoms. The Bertz CT molecular complexity index is 345. The first-order valence-corrected chi connectivity index (χ1v) is 5.57. The Morgan fingerprint density at radius 2 is 1.73 bits per heavy atom. The molecule has 0 spiro atoms. The minimum Gasteiger partial charge on any atom is -0.314 e. The number of hydrogen-bond donors (Lipinski definition) is 1. The van der Waals surface area contributed by atoms with Gasteiger partial charge in [0.15, 0.2) is 0 Å². The van der Waals surface area contributed by atoms with Crippen LogP contribution in [0.5, 0.6) is 0 Å². The third-order valence-electron chi connectivity index (χ3n) is 3.05. The fourth-order valence-electron chi connectivity index (χ4n) is 2.19. The maximum Gasteiger partial charge on any atom is 0.305 e. The van der Waals surface area contributed by atoms with Crippen molar-refractivity contribution in [1.82, 2.24) is 0 Å². The number of benzene rings is 1. The molecule has 0 unspecified atom stereocenters. The van der Waals surface area contributed by atoms with Crippen molar-refractivity contribution in [2.45, 2.75) is 37.8 Å². The lowest BCUT2D eigenvalue weighted by atomic mass is 9.89. The van der Waals surface area contributed by atoms with Crippen LogP contribution in [0.1, 0.15) is 32.1 Å². The van der Waals surface area contributed by atoms with E-state index in [9.17, 15) is 0 Å². The van der Waals surface area contributed by atoms with E-state index < -0.39 is 0 Å². The smallest absolute Gasteiger partial charge is 0.305 e. The summed E-state index contributed by atoms with van der Waals surface area (Å²) < 4.78 is 0. The van der Waals surface area contributed by atoms with E-state index in [0.29, 0.717) is 0 Å². The van der Waals surface area contributed by atoms with Gasteiger partial charge in [0.25, 0.3) is 0 Å². The molecular weight excluding hydrogens is 184 g/mol. The van der Waals surface area contributed by atoms with E-state index in [1.54, 1.807) is 0 Å². The molecule has 0 saturated heterocycles. The minimum atomic E-state index is -0.334. The SMILES string of the molecule is [C-]#[N+]C1(Nc2ccccc2)CCCCC1. The minimum absolute atomic E-state index is 0.334. The van der Waals surface area contributed by atoms with E-state index in [1.807, 2.05) is 30.3 Å². The largest absolute Gasteiger partial charge is 0.314 e. The zero-order valence-electron chi connectivity index (χ0n) is 8.87. The van der Waals surface area contributed by atoms with Crippen LogP contribution >= 0.6 is 0 Å². The Hall–Kier alpha value is -1.49. The summed E-state index contributed by atoms with van der Waals surface area (Å²) in [5, 5.41) is 3.39. The summed E-state index contributed by atoms with van der Waals surface area (Å²) in [4.78, 5) is 3.81. The summed E-state index contributed by atoms with van der Waals surface area (Å²) in [6, 6.07) is 10.1. The summed E-state index contributed by atoms with van der Waals surface area (Å²) in [6.45, 7) is 7.36. The second-order valence-electron chi connectivity index (χ2n) is 4.20. The Morgan fingerprint density at radius 1 is 1.07 bits per heavy atom. The van der Waals surface area contributed by atoms with Crippen molar-refractivity contribution in [2.75, 3.05) is 5.32 Å². The first-order valence-electron chi connectivity index (χ1n) is 5.57. The Labute approximate surface area is 91.1 Å². The van der Waals surface area contributed by atoms with E-state index in [4.69, 9.17) is 6.57 Å². The predicted molar refractivity (Wildman–Crippen MR) is 62.5 cm³/mol. The van der Waals surface area contributed by atoms with E-state index in [2.05, 4.69) is 10.2 Å². The molecule has 0 aliphatic heterocycles. The quantitative estimate of drug-likeness (QED) is 0.720. The zero-order valence-corrected chi connectivity index (χ0v) is 8.87. The van der Waals surface area contributed by atoms with Crippen molar-refractivity contribution < 1.29 is 0 Å². The summed E-state index contributed by atoms with van der Waals surface area (Å²) >= 11 is 0. The Kier molecular flexibility index (Phi) is 2.91. The molecule has 0 radical (unpaired) electrons. The monoisotopic (exact) mass is 200 g/mol. The highest BCUT2D eigenvalue weighted by atomic mass is 15.1. The van der Waals surface area contributed by atoms with Crippen molar-refractivity contribution in [3.63, 3.8) is 0 Å². The van der Waals surface area contributed by atoms with E-state index in [-0.39, 0.29) is 5.66 Å². The first-order chi connectivity index (χ1) is 7.35. The number of para-hydroxylation sites is 1. The van der Waals surface area contributed by atoms with Crippen LogP contribution < -0.4 is 5.32 Å². The number of hydrogen-bond acceptors (Lipinski definition) is 1. The third kappa shape index (κ3) is 2.30. The van der Waals surface area contributed by atoms with Crippen LogP contribution in [0.25, 0.3) is 4.85 Å². The summed E-state index contributed by atoms with van der Waals surface area (Å²) in [5.74, 6) is 0. The van der Waals surface area contributed by atoms with Gasteiger partial charge in [-0.05, 0) is 25.0 Å². The third-order valence-corrected chi connectivity index (χ3v) is 3.05. The van der Waals surface area contributed by atoms with E-state index in [1.165, 1.54) is 19.3 Å². The van der Waals surface area contributed by atoms with Gasteiger partial charge in [0.05, 0.1) is 0 Å². The molecule has 2 nitrogen and oxygen atoms in total. The molecule has 1 aliphatic rings. The molecule has 0 aromatic heterocycles.